The number of amides is 1. The van der Waals surface area contributed by atoms with Crippen molar-refractivity contribution in [3.05, 3.63) is 0 Å². The maximum Gasteiger partial charge on any atom is 0.328 e. The van der Waals surface area contributed by atoms with Crippen LogP contribution in [0.5, 0.6) is 0 Å². The van der Waals surface area contributed by atoms with Gasteiger partial charge in [0, 0.05) is 6.04 Å². The van der Waals surface area contributed by atoms with Crippen LogP contribution in [0.4, 0.5) is 0 Å². The second kappa shape index (κ2) is 4.41. The Hall–Kier alpha value is -1.10. The summed E-state index contributed by atoms with van der Waals surface area (Å²) in [6, 6.07) is -0.672. The number of nitrogens with two attached hydrogens (primary N) is 1. The van der Waals surface area contributed by atoms with Crippen molar-refractivity contribution in [2.45, 2.75) is 50.2 Å². The van der Waals surface area contributed by atoms with Gasteiger partial charge in [-0.15, -0.1) is 0 Å². The molecular weight excluding hydrogens is 208 g/mol. The van der Waals surface area contributed by atoms with Gasteiger partial charge >= 0.3 is 5.97 Å². The largest absolute Gasteiger partial charge is 0.467 e. The highest BCUT2D eigenvalue weighted by atomic mass is 16.5. The van der Waals surface area contributed by atoms with Crippen molar-refractivity contribution in [2.75, 3.05) is 7.11 Å². The zero-order chi connectivity index (χ0) is 11.7. The summed E-state index contributed by atoms with van der Waals surface area (Å²) in [5.74, 6) is -0.404. The first-order valence-corrected chi connectivity index (χ1v) is 5.80. The number of piperidine rings is 2. The van der Waals surface area contributed by atoms with E-state index in [2.05, 4.69) is 0 Å². The van der Waals surface area contributed by atoms with Crippen LogP contribution in [-0.2, 0) is 14.3 Å². The zero-order valence-corrected chi connectivity index (χ0v) is 9.52. The van der Waals surface area contributed by atoms with Crippen molar-refractivity contribution in [1.29, 1.82) is 0 Å². The van der Waals surface area contributed by atoms with Crippen LogP contribution in [-0.4, -0.2) is 42.0 Å². The van der Waals surface area contributed by atoms with Crippen LogP contribution >= 0.6 is 0 Å². The topological polar surface area (TPSA) is 72.6 Å². The number of hydrogen-bond donors (Lipinski definition) is 1. The number of carbonyl (C=O) groups excluding carboxylic acids is 2. The molecule has 2 aliphatic rings. The SMILES string of the molecule is COC(=O)[C@@H]1CCC[C@@H]2CC[C@H](N)C(=O)N21. The van der Waals surface area contributed by atoms with Gasteiger partial charge in [0.1, 0.15) is 6.04 Å². The van der Waals surface area contributed by atoms with E-state index in [9.17, 15) is 9.59 Å². The normalized spacial score (nSPS) is 34.5. The number of ether oxygens (including phenoxy) is 1. The van der Waals surface area contributed by atoms with E-state index in [1.54, 1.807) is 4.90 Å². The lowest BCUT2D eigenvalue weighted by Crippen LogP contribution is -2.61. The van der Waals surface area contributed by atoms with Crippen molar-refractivity contribution < 1.29 is 14.3 Å². The van der Waals surface area contributed by atoms with Crippen molar-refractivity contribution in [2.24, 2.45) is 5.73 Å². The molecule has 1 amide bonds. The van der Waals surface area contributed by atoms with Gasteiger partial charge in [-0.3, -0.25) is 4.79 Å². The summed E-state index contributed by atoms with van der Waals surface area (Å²) in [4.78, 5) is 25.3. The summed E-state index contributed by atoms with van der Waals surface area (Å²) in [5, 5.41) is 0. The zero-order valence-electron chi connectivity index (χ0n) is 9.52. The van der Waals surface area contributed by atoms with E-state index in [0.29, 0.717) is 6.42 Å². The first-order chi connectivity index (χ1) is 7.65. The molecule has 2 N–H and O–H groups in total. The summed E-state index contributed by atoms with van der Waals surface area (Å²) in [6.45, 7) is 0. The summed E-state index contributed by atoms with van der Waals surface area (Å²) in [6.07, 6.45) is 4.28. The van der Waals surface area contributed by atoms with Crippen LogP contribution in [0.3, 0.4) is 0 Å². The van der Waals surface area contributed by atoms with Crippen molar-refractivity contribution in [1.82, 2.24) is 4.90 Å². The van der Waals surface area contributed by atoms with E-state index in [-0.39, 0.29) is 17.9 Å². The van der Waals surface area contributed by atoms with Gasteiger partial charge in [0.05, 0.1) is 13.2 Å². The minimum absolute atomic E-state index is 0.0913. The lowest BCUT2D eigenvalue weighted by Gasteiger charge is -2.45. The average molecular weight is 226 g/mol. The van der Waals surface area contributed by atoms with Gasteiger partial charge < -0.3 is 15.4 Å². The summed E-state index contributed by atoms with van der Waals surface area (Å²) in [7, 11) is 1.36. The molecule has 0 aliphatic carbocycles. The monoisotopic (exact) mass is 226 g/mol. The molecule has 3 atom stereocenters. The Balaban J connectivity index is 2.19. The molecule has 2 fully saturated rings. The highest BCUT2D eigenvalue weighted by Crippen LogP contribution is 2.31. The molecule has 0 bridgehead atoms. The molecule has 0 aromatic rings. The Bertz CT molecular complexity index is 306. The molecule has 2 aliphatic heterocycles. The van der Waals surface area contributed by atoms with Gasteiger partial charge in [-0.05, 0) is 32.1 Å². The van der Waals surface area contributed by atoms with Gasteiger partial charge in [-0.2, -0.15) is 0 Å². The van der Waals surface area contributed by atoms with Gasteiger partial charge in [0.15, 0.2) is 0 Å². The number of fused-ring (bicyclic) bond motifs is 1. The molecule has 0 spiro atoms. The van der Waals surface area contributed by atoms with E-state index < -0.39 is 12.1 Å². The first-order valence-electron chi connectivity index (χ1n) is 5.80. The molecular formula is C11H18N2O3. The maximum absolute atomic E-state index is 12.0. The minimum atomic E-state index is -0.443. The molecule has 2 rings (SSSR count). The third-order valence-corrected chi connectivity index (χ3v) is 3.60. The third kappa shape index (κ3) is 1.80. The molecule has 0 saturated carbocycles. The molecule has 0 aromatic carbocycles. The lowest BCUT2D eigenvalue weighted by atomic mass is 9.87. The Kier molecular flexibility index (Phi) is 3.14. The van der Waals surface area contributed by atoms with E-state index in [1.165, 1.54) is 7.11 Å². The fraction of sp³-hybridized carbons (Fsp3) is 0.818. The standard InChI is InChI=1S/C11H18N2O3/c1-16-11(15)9-4-2-3-7-5-6-8(12)10(14)13(7)9/h7-9H,2-6,12H2,1H3/t7-,8+,9+/m1/s1. The fourth-order valence-corrected chi connectivity index (χ4v) is 2.75. The van der Waals surface area contributed by atoms with Crippen LogP contribution < -0.4 is 5.73 Å². The van der Waals surface area contributed by atoms with Crippen LogP contribution in [0.2, 0.25) is 0 Å². The van der Waals surface area contributed by atoms with Gasteiger partial charge in [0.2, 0.25) is 5.91 Å². The van der Waals surface area contributed by atoms with Gasteiger partial charge in [0.25, 0.3) is 0 Å². The molecule has 0 unspecified atom stereocenters. The number of esters is 1. The smallest absolute Gasteiger partial charge is 0.328 e. The second-order valence-electron chi connectivity index (χ2n) is 4.55. The molecule has 5 heteroatoms. The van der Waals surface area contributed by atoms with Crippen LogP contribution in [0.15, 0.2) is 0 Å². The Morgan fingerprint density at radius 2 is 2.12 bits per heavy atom. The van der Waals surface area contributed by atoms with E-state index in [4.69, 9.17) is 10.5 Å². The van der Waals surface area contributed by atoms with E-state index in [1.807, 2.05) is 0 Å². The number of hydrogen-bond acceptors (Lipinski definition) is 4. The predicted octanol–water partition coefficient (Wildman–Crippen LogP) is 0.0302. The number of rotatable bonds is 1. The number of nitrogens with zero attached hydrogens (tertiary/aromatic N) is 1. The fourth-order valence-electron chi connectivity index (χ4n) is 2.75. The Labute approximate surface area is 94.9 Å². The molecule has 2 saturated heterocycles. The lowest BCUT2D eigenvalue weighted by molar-refractivity contribution is -0.160. The predicted molar refractivity (Wildman–Crippen MR) is 57.5 cm³/mol. The maximum atomic E-state index is 12.0. The van der Waals surface area contributed by atoms with Crippen molar-refractivity contribution in [3.8, 4) is 0 Å². The van der Waals surface area contributed by atoms with Crippen molar-refractivity contribution >= 4 is 11.9 Å². The summed E-state index contributed by atoms with van der Waals surface area (Å²) < 4.78 is 4.75. The molecule has 5 nitrogen and oxygen atoms in total. The molecule has 0 radical (unpaired) electrons. The number of methoxy groups -OCH3 is 1. The minimum Gasteiger partial charge on any atom is -0.467 e. The second-order valence-corrected chi connectivity index (χ2v) is 4.55. The van der Waals surface area contributed by atoms with E-state index in [0.717, 1.165) is 25.7 Å². The molecule has 90 valence electrons. The van der Waals surface area contributed by atoms with Crippen molar-refractivity contribution in [3.63, 3.8) is 0 Å². The summed E-state index contributed by atoms with van der Waals surface area (Å²) in [5.41, 5.74) is 5.75. The Morgan fingerprint density at radius 1 is 1.38 bits per heavy atom. The van der Waals surface area contributed by atoms with Crippen LogP contribution in [0.25, 0.3) is 0 Å². The third-order valence-electron chi connectivity index (χ3n) is 3.60. The quantitative estimate of drug-likeness (QED) is 0.640. The summed E-state index contributed by atoms with van der Waals surface area (Å²) >= 11 is 0. The van der Waals surface area contributed by atoms with Gasteiger partial charge in [-0.25, -0.2) is 4.79 Å². The highest BCUT2D eigenvalue weighted by molar-refractivity contribution is 5.88. The van der Waals surface area contributed by atoms with Crippen LogP contribution in [0.1, 0.15) is 32.1 Å². The highest BCUT2D eigenvalue weighted by Gasteiger charge is 2.43. The number of carbonyl (C=O) groups is 2. The van der Waals surface area contributed by atoms with Crippen LogP contribution in [0, 0.1) is 0 Å². The molecule has 2 heterocycles. The molecule has 0 aromatic heterocycles. The van der Waals surface area contributed by atoms with Gasteiger partial charge in [-0.1, -0.05) is 0 Å². The first kappa shape index (κ1) is 11.4. The Morgan fingerprint density at radius 3 is 2.81 bits per heavy atom. The van der Waals surface area contributed by atoms with E-state index >= 15 is 0 Å². The average Bonchev–Trinajstić information content (AvgIpc) is 2.32. The molecule has 16 heavy (non-hydrogen) atoms.